The van der Waals surface area contributed by atoms with Crippen molar-refractivity contribution in [3.05, 3.63) is 52.3 Å². The minimum atomic E-state index is -0.537. The average Bonchev–Trinajstić information content (AvgIpc) is 2.45. The van der Waals surface area contributed by atoms with Gasteiger partial charge in [0.15, 0.2) is 0 Å². The van der Waals surface area contributed by atoms with Crippen molar-refractivity contribution in [1.82, 2.24) is 0 Å². The Morgan fingerprint density at radius 1 is 1.33 bits per heavy atom. The summed E-state index contributed by atoms with van der Waals surface area (Å²) in [6, 6.07) is 7.26. The molecule has 0 radical (unpaired) electrons. The smallest absolute Gasteiger partial charge is 0.340 e. The van der Waals surface area contributed by atoms with Gasteiger partial charge in [-0.3, -0.25) is 0 Å². The molecule has 0 fully saturated rings. The Morgan fingerprint density at radius 3 is 2.71 bits per heavy atom. The molecule has 0 aliphatic rings. The minimum Gasteiger partial charge on any atom is -0.465 e. The number of methoxy groups -OCH3 is 1. The topological polar surface area (TPSA) is 64.3 Å². The third kappa shape index (κ3) is 3.25. The van der Waals surface area contributed by atoms with Crippen molar-refractivity contribution in [2.75, 3.05) is 18.2 Å². The van der Waals surface area contributed by atoms with Gasteiger partial charge in [0.1, 0.15) is 5.82 Å². The molecule has 2 aromatic rings. The number of nitrogens with two attached hydrogens (primary N) is 1. The summed E-state index contributed by atoms with van der Waals surface area (Å²) < 4.78 is 18.0. The zero-order valence-electron chi connectivity index (χ0n) is 11.5. The minimum absolute atomic E-state index is 0.243. The molecule has 0 saturated carbocycles. The molecule has 0 heterocycles. The quantitative estimate of drug-likeness (QED) is 0.666. The maximum Gasteiger partial charge on any atom is 0.340 e. The Morgan fingerprint density at radius 2 is 2.05 bits per heavy atom. The maximum atomic E-state index is 13.3. The van der Waals surface area contributed by atoms with Gasteiger partial charge in [-0.25, -0.2) is 9.18 Å². The van der Waals surface area contributed by atoms with E-state index in [4.69, 9.17) is 17.3 Å². The molecule has 2 aromatic carbocycles. The van der Waals surface area contributed by atoms with Crippen LogP contribution in [0.4, 0.5) is 21.5 Å². The molecule has 3 N–H and O–H groups in total. The molecule has 0 atom stereocenters. The van der Waals surface area contributed by atoms with Crippen molar-refractivity contribution in [3.63, 3.8) is 0 Å². The predicted molar refractivity (Wildman–Crippen MR) is 81.6 cm³/mol. The molecule has 0 amide bonds. The molecular formula is C15H14ClFN2O2. The number of nitrogen functional groups attached to an aromatic ring is 1. The number of rotatable bonds is 3. The lowest BCUT2D eigenvalue weighted by Crippen LogP contribution is -2.08. The molecule has 110 valence electrons. The van der Waals surface area contributed by atoms with Crippen molar-refractivity contribution in [2.24, 2.45) is 0 Å². The number of anilines is 3. The first-order valence-corrected chi connectivity index (χ1v) is 6.50. The number of carbonyl (C=O) groups excluding carboxylic acids is 1. The van der Waals surface area contributed by atoms with Crippen LogP contribution in [0.5, 0.6) is 0 Å². The van der Waals surface area contributed by atoms with Crippen LogP contribution in [0.2, 0.25) is 5.02 Å². The van der Waals surface area contributed by atoms with E-state index in [1.54, 1.807) is 13.0 Å². The molecule has 4 nitrogen and oxygen atoms in total. The molecule has 0 saturated heterocycles. The van der Waals surface area contributed by atoms with Crippen LogP contribution in [-0.4, -0.2) is 13.1 Å². The van der Waals surface area contributed by atoms with Crippen LogP contribution in [0.1, 0.15) is 15.9 Å². The van der Waals surface area contributed by atoms with Gasteiger partial charge in [0.25, 0.3) is 0 Å². The highest BCUT2D eigenvalue weighted by atomic mass is 35.5. The average molecular weight is 309 g/mol. The van der Waals surface area contributed by atoms with E-state index in [2.05, 4.69) is 10.1 Å². The molecule has 2 rings (SSSR count). The molecule has 0 aliphatic heterocycles. The summed E-state index contributed by atoms with van der Waals surface area (Å²) in [5.41, 5.74) is 8.11. The number of hydrogen-bond donors (Lipinski definition) is 2. The van der Waals surface area contributed by atoms with Gasteiger partial charge in [-0.15, -0.1) is 0 Å². The largest absolute Gasteiger partial charge is 0.465 e. The molecular weight excluding hydrogens is 295 g/mol. The van der Waals surface area contributed by atoms with Gasteiger partial charge in [0, 0.05) is 11.4 Å². The Kier molecular flexibility index (Phi) is 4.33. The fraction of sp³-hybridized carbons (Fsp3) is 0.133. The van der Waals surface area contributed by atoms with Gasteiger partial charge in [-0.1, -0.05) is 11.6 Å². The van der Waals surface area contributed by atoms with Gasteiger partial charge >= 0.3 is 5.97 Å². The highest BCUT2D eigenvalue weighted by Crippen LogP contribution is 2.29. The monoisotopic (exact) mass is 308 g/mol. The number of benzene rings is 2. The number of carbonyl (C=O) groups is 1. The third-order valence-electron chi connectivity index (χ3n) is 3.00. The third-order valence-corrected chi connectivity index (χ3v) is 3.33. The second-order valence-electron chi connectivity index (χ2n) is 4.50. The van der Waals surface area contributed by atoms with Crippen molar-refractivity contribution in [1.29, 1.82) is 0 Å². The normalized spacial score (nSPS) is 10.3. The van der Waals surface area contributed by atoms with Crippen LogP contribution in [0.3, 0.4) is 0 Å². The van der Waals surface area contributed by atoms with Crippen LogP contribution in [-0.2, 0) is 4.74 Å². The molecule has 0 aliphatic carbocycles. The van der Waals surface area contributed by atoms with E-state index < -0.39 is 11.8 Å². The maximum absolute atomic E-state index is 13.3. The van der Waals surface area contributed by atoms with E-state index in [1.807, 2.05) is 0 Å². The first-order valence-electron chi connectivity index (χ1n) is 6.13. The SMILES string of the molecule is COC(=O)c1cc(Nc2cc(F)ccc2Cl)cc(C)c1N. The Bertz CT molecular complexity index is 704. The Labute approximate surface area is 126 Å². The molecule has 0 aromatic heterocycles. The van der Waals surface area contributed by atoms with Crippen LogP contribution in [0.25, 0.3) is 0 Å². The number of esters is 1. The molecule has 0 unspecified atom stereocenters. The highest BCUT2D eigenvalue weighted by Gasteiger charge is 2.14. The van der Waals surface area contributed by atoms with Crippen molar-refractivity contribution in [3.8, 4) is 0 Å². The summed E-state index contributed by atoms with van der Waals surface area (Å²) in [5, 5.41) is 3.33. The summed E-state index contributed by atoms with van der Waals surface area (Å²) in [6.45, 7) is 1.76. The number of halogens is 2. The summed E-state index contributed by atoms with van der Waals surface area (Å²) in [6.07, 6.45) is 0. The zero-order valence-corrected chi connectivity index (χ0v) is 12.3. The molecule has 0 bridgehead atoms. The second kappa shape index (κ2) is 6.01. The predicted octanol–water partition coefficient (Wildman–Crippen LogP) is 3.90. The van der Waals surface area contributed by atoms with Gasteiger partial charge < -0.3 is 15.8 Å². The standard InChI is InChI=1S/C15H14ClFN2O2/c1-8-5-10(7-11(14(8)18)15(20)21-2)19-13-6-9(17)3-4-12(13)16/h3-7,19H,18H2,1-2H3. The fourth-order valence-electron chi connectivity index (χ4n) is 1.90. The number of ether oxygens (including phenoxy) is 1. The lowest BCUT2D eigenvalue weighted by Gasteiger charge is -2.13. The van der Waals surface area contributed by atoms with Gasteiger partial charge in [0.05, 0.1) is 23.4 Å². The molecule has 0 spiro atoms. The summed E-state index contributed by atoms with van der Waals surface area (Å²) in [5.74, 6) is -0.952. The van der Waals surface area contributed by atoms with E-state index in [9.17, 15) is 9.18 Å². The van der Waals surface area contributed by atoms with E-state index >= 15 is 0 Å². The van der Waals surface area contributed by atoms with E-state index in [0.717, 1.165) is 0 Å². The van der Waals surface area contributed by atoms with E-state index in [1.165, 1.54) is 31.4 Å². The van der Waals surface area contributed by atoms with Crippen LogP contribution < -0.4 is 11.1 Å². The van der Waals surface area contributed by atoms with E-state index in [0.29, 0.717) is 27.6 Å². The molecule has 6 heteroatoms. The van der Waals surface area contributed by atoms with Crippen LogP contribution in [0.15, 0.2) is 30.3 Å². The lowest BCUT2D eigenvalue weighted by atomic mass is 10.1. The van der Waals surface area contributed by atoms with Gasteiger partial charge in [-0.2, -0.15) is 0 Å². The highest BCUT2D eigenvalue weighted by molar-refractivity contribution is 6.33. The number of hydrogen-bond acceptors (Lipinski definition) is 4. The van der Waals surface area contributed by atoms with Crippen LogP contribution >= 0.6 is 11.6 Å². The number of aryl methyl sites for hydroxylation is 1. The fourth-order valence-corrected chi connectivity index (χ4v) is 2.06. The number of nitrogens with one attached hydrogen (secondary N) is 1. The Balaban J connectivity index is 2.43. The van der Waals surface area contributed by atoms with Gasteiger partial charge in [-0.05, 0) is 42.8 Å². The summed E-state index contributed by atoms with van der Waals surface area (Å²) in [4.78, 5) is 11.7. The summed E-state index contributed by atoms with van der Waals surface area (Å²) in [7, 11) is 1.28. The van der Waals surface area contributed by atoms with Crippen molar-refractivity contribution in [2.45, 2.75) is 6.92 Å². The first kappa shape index (κ1) is 15.1. The Hall–Kier alpha value is -2.27. The van der Waals surface area contributed by atoms with Crippen molar-refractivity contribution >= 4 is 34.6 Å². The second-order valence-corrected chi connectivity index (χ2v) is 4.90. The zero-order chi connectivity index (χ0) is 15.6. The first-order chi connectivity index (χ1) is 9.92. The van der Waals surface area contributed by atoms with E-state index in [-0.39, 0.29) is 5.56 Å². The van der Waals surface area contributed by atoms with Crippen LogP contribution in [0, 0.1) is 12.7 Å². The van der Waals surface area contributed by atoms with Gasteiger partial charge in [0.2, 0.25) is 0 Å². The lowest BCUT2D eigenvalue weighted by molar-refractivity contribution is 0.0602. The van der Waals surface area contributed by atoms with Crippen molar-refractivity contribution < 1.29 is 13.9 Å². The summed E-state index contributed by atoms with van der Waals surface area (Å²) >= 11 is 6.00. The molecule has 21 heavy (non-hydrogen) atoms.